The van der Waals surface area contributed by atoms with Crippen molar-refractivity contribution < 1.29 is 14.3 Å². The number of ether oxygens (including phenoxy) is 2. The van der Waals surface area contributed by atoms with E-state index >= 15 is 0 Å². The number of methoxy groups -OCH3 is 2. The zero-order valence-corrected chi connectivity index (χ0v) is 16.2. The highest BCUT2D eigenvalue weighted by Gasteiger charge is 2.17. The van der Waals surface area contributed by atoms with Gasteiger partial charge in [-0.1, -0.05) is 18.9 Å². The van der Waals surface area contributed by atoms with Gasteiger partial charge in [0.15, 0.2) is 17.5 Å². The third kappa shape index (κ3) is 5.82. The lowest BCUT2D eigenvalue weighted by molar-refractivity contribution is -0.127. The Hall–Kier alpha value is -2.44. The summed E-state index contributed by atoms with van der Waals surface area (Å²) in [6.45, 7) is 0.704. The summed E-state index contributed by atoms with van der Waals surface area (Å²) in [6, 6.07) is 6.17. The lowest BCUT2D eigenvalue weighted by Gasteiger charge is -2.18. The molecule has 2 rings (SSSR count). The molecule has 1 aliphatic carbocycles. The van der Waals surface area contributed by atoms with E-state index in [1.165, 1.54) is 12.8 Å². The van der Waals surface area contributed by atoms with Crippen LogP contribution in [0.5, 0.6) is 11.5 Å². The number of amides is 1. The minimum Gasteiger partial charge on any atom is -0.493 e. The fourth-order valence-electron chi connectivity index (χ4n) is 2.88. The van der Waals surface area contributed by atoms with E-state index in [0.29, 0.717) is 30.0 Å². The molecule has 0 unspecified atom stereocenters. The zero-order valence-electron chi connectivity index (χ0n) is 16.2. The van der Waals surface area contributed by atoms with Gasteiger partial charge >= 0.3 is 0 Å². The van der Waals surface area contributed by atoms with E-state index in [1.54, 1.807) is 33.2 Å². The number of likely N-dealkylation sites (N-methyl/N-ethyl adjacent to an activating group) is 1. The van der Waals surface area contributed by atoms with Crippen molar-refractivity contribution in [2.75, 3.05) is 34.9 Å². The number of hydrogen-bond donors (Lipinski definition) is 2. The van der Waals surface area contributed by atoms with Crippen molar-refractivity contribution >= 4 is 11.9 Å². The highest BCUT2D eigenvalue weighted by molar-refractivity contribution is 5.86. The number of guanidine groups is 1. The van der Waals surface area contributed by atoms with Crippen LogP contribution >= 0.6 is 0 Å². The van der Waals surface area contributed by atoms with Crippen LogP contribution in [0.15, 0.2) is 23.2 Å². The van der Waals surface area contributed by atoms with Crippen molar-refractivity contribution in [2.45, 2.75) is 38.3 Å². The molecule has 2 N–H and O–H groups in total. The van der Waals surface area contributed by atoms with Crippen molar-refractivity contribution in [3.05, 3.63) is 23.8 Å². The van der Waals surface area contributed by atoms with Gasteiger partial charge in [0.2, 0.25) is 5.91 Å². The molecule has 0 heterocycles. The van der Waals surface area contributed by atoms with Crippen molar-refractivity contribution in [1.29, 1.82) is 0 Å². The van der Waals surface area contributed by atoms with E-state index in [-0.39, 0.29) is 12.5 Å². The molecule has 1 aromatic carbocycles. The summed E-state index contributed by atoms with van der Waals surface area (Å²) < 4.78 is 10.6. The number of benzene rings is 1. The minimum absolute atomic E-state index is 0.0111. The van der Waals surface area contributed by atoms with Crippen LogP contribution in [-0.2, 0) is 11.3 Å². The van der Waals surface area contributed by atoms with E-state index in [2.05, 4.69) is 15.6 Å². The summed E-state index contributed by atoms with van der Waals surface area (Å²) in [5.74, 6) is 2.06. The Morgan fingerprint density at radius 3 is 2.50 bits per heavy atom. The first-order valence-electron chi connectivity index (χ1n) is 8.99. The van der Waals surface area contributed by atoms with Gasteiger partial charge in [0.05, 0.1) is 27.3 Å². The van der Waals surface area contributed by atoms with E-state index in [9.17, 15) is 4.79 Å². The summed E-state index contributed by atoms with van der Waals surface area (Å²) in [5.41, 5.74) is 1.01. The SMILES string of the molecule is COc1ccc(CN=C(NCC(=O)N(C)C)NC2CCCC2)cc1OC. The monoisotopic (exact) mass is 362 g/mol. The molecular formula is C19H30N4O3. The quantitative estimate of drug-likeness (QED) is 0.571. The standard InChI is InChI=1S/C19H30N4O3/c1-23(2)18(24)13-21-19(22-15-7-5-6-8-15)20-12-14-9-10-16(25-3)17(11-14)26-4/h9-11,15H,5-8,12-13H2,1-4H3,(H2,20,21,22). The van der Waals surface area contributed by atoms with Gasteiger partial charge in [-0.3, -0.25) is 4.79 Å². The maximum absolute atomic E-state index is 11.9. The van der Waals surface area contributed by atoms with Gasteiger partial charge in [-0.05, 0) is 30.5 Å². The van der Waals surface area contributed by atoms with Gasteiger partial charge in [-0.2, -0.15) is 0 Å². The number of aliphatic imine (C=N–C) groups is 1. The molecule has 144 valence electrons. The molecule has 0 radical (unpaired) electrons. The summed E-state index contributed by atoms with van der Waals surface area (Å²) in [7, 11) is 6.72. The first-order chi connectivity index (χ1) is 12.5. The van der Waals surface area contributed by atoms with E-state index in [4.69, 9.17) is 9.47 Å². The number of rotatable bonds is 7. The third-order valence-electron chi connectivity index (χ3n) is 4.47. The second-order valence-electron chi connectivity index (χ2n) is 6.62. The van der Waals surface area contributed by atoms with Gasteiger partial charge < -0.3 is 25.0 Å². The normalized spacial score (nSPS) is 14.8. The second-order valence-corrected chi connectivity index (χ2v) is 6.62. The van der Waals surface area contributed by atoms with Crippen LogP contribution in [0, 0.1) is 0 Å². The summed E-state index contributed by atoms with van der Waals surface area (Å²) in [6.07, 6.45) is 4.74. The molecular weight excluding hydrogens is 332 g/mol. The Balaban J connectivity index is 2.06. The van der Waals surface area contributed by atoms with E-state index < -0.39 is 0 Å². The number of hydrogen-bond acceptors (Lipinski definition) is 4. The molecule has 1 aliphatic rings. The maximum Gasteiger partial charge on any atom is 0.241 e. The highest BCUT2D eigenvalue weighted by atomic mass is 16.5. The molecule has 0 aliphatic heterocycles. The van der Waals surface area contributed by atoms with Crippen LogP contribution in [0.4, 0.5) is 0 Å². The van der Waals surface area contributed by atoms with E-state index in [1.807, 2.05) is 18.2 Å². The lowest BCUT2D eigenvalue weighted by atomic mass is 10.2. The van der Waals surface area contributed by atoms with Crippen LogP contribution in [0.2, 0.25) is 0 Å². The molecule has 1 saturated carbocycles. The molecule has 0 spiro atoms. The number of nitrogens with one attached hydrogen (secondary N) is 2. The fourth-order valence-corrected chi connectivity index (χ4v) is 2.88. The molecule has 26 heavy (non-hydrogen) atoms. The third-order valence-corrected chi connectivity index (χ3v) is 4.47. The van der Waals surface area contributed by atoms with Crippen LogP contribution in [-0.4, -0.2) is 57.7 Å². The molecule has 0 bridgehead atoms. The van der Waals surface area contributed by atoms with Crippen LogP contribution in [0.3, 0.4) is 0 Å². The van der Waals surface area contributed by atoms with Gasteiger partial charge in [-0.15, -0.1) is 0 Å². The molecule has 0 saturated heterocycles. The van der Waals surface area contributed by atoms with Gasteiger partial charge in [0.25, 0.3) is 0 Å². The molecule has 7 nitrogen and oxygen atoms in total. The average Bonchev–Trinajstić information content (AvgIpc) is 3.16. The Bertz CT molecular complexity index is 625. The molecule has 1 fully saturated rings. The molecule has 1 aromatic rings. The lowest BCUT2D eigenvalue weighted by Crippen LogP contribution is -2.46. The molecule has 0 aromatic heterocycles. The van der Waals surface area contributed by atoms with Crippen LogP contribution < -0.4 is 20.1 Å². The highest BCUT2D eigenvalue weighted by Crippen LogP contribution is 2.27. The molecule has 0 atom stereocenters. The van der Waals surface area contributed by atoms with Crippen molar-refractivity contribution in [3.8, 4) is 11.5 Å². The summed E-state index contributed by atoms with van der Waals surface area (Å²) >= 11 is 0. The number of carbonyl (C=O) groups excluding carboxylic acids is 1. The first-order valence-corrected chi connectivity index (χ1v) is 8.99. The summed E-state index contributed by atoms with van der Waals surface area (Å²) in [5, 5.41) is 6.58. The Labute approximate surface area is 155 Å². The second kappa shape index (κ2) is 9.89. The largest absolute Gasteiger partial charge is 0.493 e. The topological polar surface area (TPSA) is 75.2 Å². The van der Waals surface area contributed by atoms with Gasteiger partial charge in [0.1, 0.15) is 0 Å². The van der Waals surface area contributed by atoms with E-state index in [0.717, 1.165) is 18.4 Å². The predicted octanol–water partition coefficient (Wildman–Crippen LogP) is 1.77. The Morgan fingerprint density at radius 1 is 1.19 bits per heavy atom. The summed E-state index contributed by atoms with van der Waals surface area (Å²) in [4.78, 5) is 18.1. The number of carbonyl (C=O) groups is 1. The van der Waals surface area contributed by atoms with Gasteiger partial charge in [0, 0.05) is 20.1 Å². The average molecular weight is 362 g/mol. The molecule has 1 amide bonds. The minimum atomic E-state index is 0.0111. The van der Waals surface area contributed by atoms with Crippen molar-refractivity contribution in [2.24, 2.45) is 4.99 Å². The van der Waals surface area contributed by atoms with Crippen molar-refractivity contribution in [1.82, 2.24) is 15.5 Å². The molecule has 7 heteroatoms. The predicted molar refractivity (Wildman–Crippen MR) is 103 cm³/mol. The zero-order chi connectivity index (χ0) is 18.9. The van der Waals surface area contributed by atoms with Crippen molar-refractivity contribution in [3.63, 3.8) is 0 Å². The first kappa shape index (κ1) is 19.9. The van der Waals surface area contributed by atoms with Crippen LogP contribution in [0.1, 0.15) is 31.2 Å². The Morgan fingerprint density at radius 2 is 1.88 bits per heavy atom. The number of nitrogens with zero attached hydrogens (tertiary/aromatic N) is 2. The fraction of sp³-hybridized carbons (Fsp3) is 0.579. The van der Waals surface area contributed by atoms with Gasteiger partial charge in [-0.25, -0.2) is 4.99 Å². The van der Waals surface area contributed by atoms with Crippen LogP contribution in [0.25, 0.3) is 0 Å². The smallest absolute Gasteiger partial charge is 0.241 e. The maximum atomic E-state index is 11.9. The Kier molecular flexibility index (Phi) is 7.56.